The average molecular weight is 144 g/mol. The van der Waals surface area contributed by atoms with Gasteiger partial charge in [0.25, 0.3) is 0 Å². The second-order valence-electron chi connectivity index (χ2n) is 2.82. The third-order valence-electron chi connectivity index (χ3n) is 2.14. The van der Waals surface area contributed by atoms with E-state index in [9.17, 15) is 0 Å². The van der Waals surface area contributed by atoms with E-state index in [0.717, 1.165) is 26.2 Å². The Morgan fingerprint density at radius 3 is 3.10 bits per heavy atom. The van der Waals surface area contributed by atoms with Crippen molar-refractivity contribution in [3.05, 3.63) is 0 Å². The molecule has 0 saturated carbocycles. The van der Waals surface area contributed by atoms with Crippen LogP contribution in [0.4, 0.5) is 0 Å². The summed E-state index contributed by atoms with van der Waals surface area (Å²) in [5, 5.41) is 0. The monoisotopic (exact) mass is 144 g/mol. The van der Waals surface area contributed by atoms with Crippen LogP contribution in [0.1, 0.15) is 6.42 Å². The SMILES string of the molecule is C1CC2COCC2OCO1. The maximum atomic E-state index is 5.38. The summed E-state index contributed by atoms with van der Waals surface area (Å²) < 4.78 is 15.8. The number of rotatable bonds is 0. The molecule has 0 amide bonds. The summed E-state index contributed by atoms with van der Waals surface area (Å²) in [7, 11) is 0. The zero-order valence-electron chi connectivity index (χ0n) is 5.91. The first kappa shape index (κ1) is 6.58. The third kappa shape index (κ3) is 1.17. The Morgan fingerprint density at radius 1 is 1.10 bits per heavy atom. The summed E-state index contributed by atoms with van der Waals surface area (Å²) in [6.45, 7) is 2.89. The average Bonchev–Trinajstić information content (AvgIpc) is 2.28. The maximum Gasteiger partial charge on any atom is 0.147 e. The molecule has 58 valence electrons. The molecule has 10 heavy (non-hydrogen) atoms. The molecule has 0 spiro atoms. The van der Waals surface area contributed by atoms with Gasteiger partial charge < -0.3 is 14.2 Å². The lowest BCUT2D eigenvalue weighted by atomic mass is 10.0. The highest BCUT2D eigenvalue weighted by molar-refractivity contribution is 4.76. The predicted molar refractivity (Wildman–Crippen MR) is 34.6 cm³/mol. The molecule has 2 atom stereocenters. The first-order chi connectivity index (χ1) is 4.97. The lowest BCUT2D eigenvalue weighted by Gasteiger charge is -2.10. The van der Waals surface area contributed by atoms with Gasteiger partial charge in [-0.3, -0.25) is 0 Å². The molecule has 3 heteroatoms. The van der Waals surface area contributed by atoms with Crippen LogP contribution in [0.25, 0.3) is 0 Å². The number of ether oxygens (including phenoxy) is 3. The van der Waals surface area contributed by atoms with Crippen molar-refractivity contribution >= 4 is 0 Å². The van der Waals surface area contributed by atoms with Crippen molar-refractivity contribution in [3.63, 3.8) is 0 Å². The van der Waals surface area contributed by atoms with E-state index in [-0.39, 0.29) is 0 Å². The predicted octanol–water partition coefficient (Wildman–Crippen LogP) is 0.396. The molecule has 2 rings (SSSR count). The van der Waals surface area contributed by atoms with Crippen LogP contribution in [-0.2, 0) is 14.2 Å². The second kappa shape index (κ2) is 2.86. The highest BCUT2D eigenvalue weighted by Crippen LogP contribution is 2.22. The van der Waals surface area contributed by atoms with Crippen LogP contribution >= 0.6 is 0 Å². The molecule has 2 heterocycles. The third-order valence-corrected chi connectivity index (χ3v) is 2.14. The zero-order valence-corrected chi connectivity index (χ0v) is 5.91. The molecule has 0 N–H and O–H groups in total. The van der Waals surface area contributed by atoms with Crippen molar-refractivity contribution in [1.29, 1.82) is 0 Å². The molecule has 0 radical (unpaired) electrons. The van der Waals surface area contributed by atoms with Gasteiger partial charge in [0.2, 0.25) is 0 Å². The lowest BCUT2D eigenvalue weighted by Crippen LogP contribution is -2.20. The molecule has 0 aromatic heterocycles. The highest BCUT2D eigenvalue weighted by Gasteiger charge is 2.30. The molecule has 0 aromatic rings. The van der Waals surface area contributed by atoms with Crippen molar-refractivity contribution in [1.82, 2.24) is 0 Å². The number of hydrogen-bond acceptors (Lipinski definition) is 3. The maximum absolute atomic E-state index is 5.38. The second-order valence-corrected chi connectivity index (χ2v) is 2.82. The van der Waals surface area contributed by atoms with Crippen LogP contribution < -0.4 is 0 Å². The van der Waals surface area contributed by atoms with Crippen molar-refractivity contribution < 1.29 is 14.2 Å². The van der Waals surface area contributed by atoms with Crippen LogP contribution in [0.2, 0.25) is 0 Å². The molecule has 0 bridgehead atoms. The summed E-state index contributed by atoms with van der Waals surface area (Å²) in [6.07, 6.45) is 1.40. The van der Waals surface area contributed by atoms with Gasteiger partial charge in [0.05, 0.1) is 19.3 Å². The Kier molecular flexibility index (Phi) is 1.88. The van der Waals surface area contributed by atoms with Crippen LogP contribution in [0.15, 0.2) is 0 Å². The number of fused-ring (bicyclic) bond motifs is 1. The van der Waals surface area contributed by atoms with Gasteiger partial charge in [0, 0.05) is 12.5 Å². The summed E-state index contributed by atoms with van der Waals surface area (Å²) in [4.78, 5) is 0. The van der Waals surface area contributed by atoms with E-state index in [1.54, 1.807) is 0 Å². The van der Waals surface area contributed by atoms with Gasteiger partial charge in [-0.05, 0) is 6.42 Å². The van der Waals surface area contributed by atoms with E-state index in [4.69, 9.17) is 14.2 Å². The first-order valence-corrected chi connectivity index (χ1v) is 3.74. The van der Waals surface area contributed by atoms with Gasteiger partial charge in [-0.1, -0.05) is 0 Å². The van der Waals surface area contributed by atoms with Gasteiger partial charge in [0.15, 0.2) is 0 Å². The van der Waals surface area contributed by atoms with E-state index >= 15 is 0 Å². The van der Waals surface area contributed by atoms with Gasteiger partial charge in [-0.25, -0.2) is 0 Å². The van der Waals surface area contributed by atoms with E-state index < -0.39 is 0 Å². The first-order valence-electron chi connectivity index (χ1n) is 3.74. The smallest absolute Gasteiger partial charge is 0.147 e. The van der Waals surface area contributed by atoms with E-state index in [2.05, 4.69) is 0 Å². The molecule has 2 aliphatic heterocycles. The Hall–Kier alpha value is -0.120. The Labute approximate surface area is 60.3 Å². The topological polar surface area (TPSA) is 27.7 Å². The van der Waals surface area contributed by atoms with Crippen molar-refractivity contribution in [2.45, 2.75) is 12.5 Å². The summed E-state index contributed by atoms with van der Waals surface area (Å²) >= 11 is 0. The van der Waals surface area contributed by atoms with E-state index in [0.29, 0.717) is 18.8 Å². The van der Waals surface area contributed by atoms with Crippen LogP contribution in [0, 0.1) is 5.92 Å². The molecule has 0 aliphatic carbocycles. The Morgan fingerprint density at radius 2 is 2.10 bits per heavy atom. The standard InChI is InChI=1S/C7H12O3/c1-2-8-5-10-7-4-9-3-6(1)7/h6-7H,1-5H2. The summed E-state index contributed by atoms with van der Waals surface area (Å²) in [6, 6.07) is 0. The Bertz CT molecular complexity index is 103. The van der Waals surface area contributed by atoms with Crippen LogP contribution in [-0.4, -0.2) is 32.7 Å². The molecule has 2 saturated heterocycles. The van der Waals surface area contributed by atoms with Crippen LogP contribution in [0.5, 0.6) is 0 Å². The lowest BCUT2D eigenvalue weighted by molar-refractivity contribution is -0.0744. The van der Waals surface area contributed by atoms with Gasteiger partial charge in [0.1, 0.15) is 6.79 Å². The quantitative estimate of drug-likeness (QED) is 0.492. The minimum absolute atomic E-state index is 0.308. The largest absolute Gasteiger partial charge is 0.378 e. The minimum Gasteiger partial charge on any atom is -0.378 e. The van der Waals surface area contributed by atoms with Gasteiger partial charge in [-0.2, -0.15) is 0 Å². The van der Waals surface area contributed by atoms with E-state index in [1.807, 2.05) is 0 Å². The molecule has 2 unspecified atom stereocenters. The molecule has 3 nitrogen and oxygen atoms in total. The fraction of sp³-hybridized carbons (Fsp3) is 1.00. The van der Waals surface area contributed by atoms with Crippen molar-refractivity contribution in [3.8, 4) is 0 Å². The van der Waals surface area contributed by atoms with Crippen molar-refractivity contribution in [2.24, 2.45) is 5.92 Å². The molecular weight excluding hydrogens is 132 g/mol. The van der Waals surface area contributed by atoms with Gasteiger partial charge in [-0.15, -0.1) is 0 Å². The zero-order chi connectivity index (χ0) is 6.81. The molecule has 2 aliphatic rings. The van der Waals surface area contributed by atoms with Crippen LogP contribution in [0.3, 0.4) is 0 Å². The molecule has 0 aromatic carbocycles. The Balaban J connectivity index is 1.95. The highest BCUT2D eigenvalue weighted by atomic mass is 16.7. The molecule has 2 fully saturated rings. The van der Waals surface area contributed by atoms with E-state index in [1.165, 1.54) is 0 Å². The minimum atomic E-state index is 0.308. The number of hydrogen-bond donors (Lipinski definition) is 0. The van der Waals surface area contributed by atoms with Crippen molar-refractivity contribution in [2.75, 3.05) is 26.6 Å². The summed E-state index contributed by atoms with van der Waals surface area (Å²) in [5.74, 6) is 0.586. The fourth-order valence-corrected chi connectivity index (χ4v) is 1.46. The summed E-state index contributed by atoms with van der Waals surface area (Å²) in [5.41, 5.74) is 0. The van der Waals surface area contributed by atoms with Gasteiger partial charge >= 0.3 is 0 Å². The normalized spacial score (nSPS) is 40.8. The fourth-order valence-electron chi connectivity index (χ4n) is 1.46. The molecular formula is C7H12O3.